The van der Waals surface area contributed by atoms with Crippen LogP contribution in [0.5, 0.6) is 0 Å². The van der Waals surface area contributed by atoms with Gasteiger partial charge >= 0.3 is 6.09 Å². The molecule has 1 aliphatic heterocycles. The number of carbonyl (C=O) groups is 1. The summed E-state index contributed by atoms with van der Waals surface area (Å²) in [5.41, 5.74) is 0. The Kier molecular flexibility index (Phi) is 3.31. The minimum Gasteiger partial charge on any atom is -0.465 e. The fourth-order valence-electron chi connectivity index (χ4n) is 1.35. The Bertz CT molecular complexity index is 161. The highest BCUT2D eigenvalue weighted by Gasteiger charge is 2.25. The third-order valence-corrected chi connectivity index (χ3v) is 1.95. The molecule has 1 heterocycles. The first-order chi connectivity index (χ1) is 5.75. The zero-order chi connectivity index (χ0) is 8.97. The molecule has 0 unspecified atom stereocenters. The van der Waals surface area contributed by atoms with Crippen molar-refractivity contribution in [2.45, 2.75) is 6.04 Å². The Morgan fingerprint density at radius 3 is 3.17 bits per heavy atom. The van der Waals surface area contributed by atoms with Crippen molar-refractivity contribution in [3.63, 3.8) is 0 Å². The van der Waals surface area contributed by atoms with Crippen molar-refractivity contribution in [1.82, 2.24) is 10.2 Å². The van der Waals surface area contributed by atoms with E-state index in [4.69, 9.17) is 9.84 Å². The maximum absolute atomic E-state index is 10.7. The van der Waals surface area contributed by atoms with Crippen LogP contribution in [0.15, 0.2) is 0 Å². The molecule has 1 atom stereocenters. The summed E-state index contributed by atoms with van der Waals surface area (Å²) < 4.78 is 4.92. The van der Waals surface area contributed by atoms with Gasteiger partial charge in [-0.3, -0.25) is 0 Å². The molecule has 5 heteroatoms. The molecule has 1 fully saturated rings. The maximum atomic E-state index is 10.7. The molecule has 0 aliphatic carbocycles. The number of nitrogens with zero attached hydrogens (tertiary/aromatic N) is 1. The first-order valence-corrected chi connectivity index (χ1v) is 3.95. The third-order valence-electron chi connectivity index (χ3n) is 1.95. The monoisotopic (exact) mass is 174 g/mol. The maximum Gasteiger partial charge on any atom is 0.407 e. The molecular weight excluding hydrogens is 160 g/mol. The number of ether oxygens (including phenoxy) is 1. The van der Waals surface area contributed by atoms with E-state index in [0.29, 0.717) is 19.7 Å². The quantitative estimate of drug-likeness (QED) is 0.597. The molecule has 12 heavy (non-hydrogen) atoms. The second-order valence-corrected chi connectivity index (χ2v) is 2.79. The van der Waals surface area contributed by atoms with Gasteiger partial charge in [0.05, 0.1) is 12.6 Å². The normalized spacial score (nSPS) is 24.1. The lowest BCUT2D eigenvalue weighted by Gasteiger charge is -2.33. The van der Waals surface area contributed by atoms with E-state index in [9.17, 15) is 4.79 Å². The topological polar surface area (TPSA) is 61.8 Å². The molecule has 1 saturated heterocycles. The van der Waals surface area contributed by atoms with Gasteiger partial charge in [-0.15, -0.1) is 0 Å². The number of nitrogens with one attached hydrogen (secondary N) is 1. The molecule has 1 rings (SSSR count). The first-order valence-electron chi connectivity index (χ1n) is 3.95. The second kappa shape index (κ2) is 4.27. The fourth-order valence-corrected chi connectivity index (χ4v) is 1.35. The third kappa shape index (κ3) is 2.09. The summed E-state index contributed by atoms with van der Waals surface area (Å²) in [4.78, 5) is 12.1. The summed E-state index contributed by atoms with van der Waals surface area (Å²) in [7, 11) is 1.58. The molecule has 1 amide bonds. The highest BCUT2D eigenvalue weighted by atomic mass is 16.5. The lowest BCUT2D eigenvalue weighted by molar-refractivity contribution is 0.0677. The standard InChI is InChI=1S/C7H14N2O3/c1-12-5-6-4-8-2-3-9(6)7(10)11/h6,8H,2-5H2,1H3,(H,10,11)/t6-/m1/s1. The highest BCUT2D eigenvalue weighted by Crippen LogP contribution is 2.03. The molecule has 0 radical (unpaired) electrons. The van der Waals surface area contributed by atoms with Crippen molar-refractivity contribution < 1.29 is 14.6 Å². The summed E-state index contributed by atoms with van der Waals surface area (Å²) >= 11 is 0. The van der Waals surface area contributed by atoms with Crippen LogP contribution in [0.3, 0.4) is 0 Å². The smallest absolute Gasteiger partial charge is 0.407 e. The molecule has 0 saturated carbocycles. The number of hydrogen-bond acceptors (Lipinski definition) is 3. The molecule has 2 N–H and O–H groups in total. The molecule has 0 aromatic carbocycles. The van der Waals surface area contributed by atoms with Crippen LogP contribution in [-0.2, 0) is 4.74 Å². The van der Waals surface area contributed by atoms with Gasteiger partial charge in [-0.1, -0.05) is 0 Å². The number of methoxy groups -OCH3 is 1. The number of carboxylic acid groups (broad SMARTS) is 1. The van der Waals surface area contributed by atoms with E-state index >= 15 is 0 Å². The number of hydrogen-bond donors (Lipinski definition) is 2. The van der Waals surface area contributed by atoms with E-state index in [1.54, 1.807) is 7.11 Å². The molecule has 0 spiro atoms. The zero-order valence-corrected chi connectivity index (χ0v) is 7.12. The van der Waals surface area contributed by atoms with Crippen molar-refractivity contribution in [3.05, 3.63) is 0 Å². The van der Waals surface area contributed by atoms with Crippen molar-refractivity contribution in [2.75, 3.05) is 33.4 Å². The van der Waals surface area contributed by atoms with E-state index in [0.717, 1.165) is 6.54 Å². The van der Waals surface area contributed by atoms with Crippen molar-refractivity contribution in [3.8, 4) is 0 Å². The van der Waals surface area contributed by atoms with Crippen LogP contribution in [0.25, 0.3) is 0 Å². The predicted molar refractivity (Wildman–Crippen MR) is 43.3 cm³/mol. The van der Waals surface area contributed by atoms with Crippen molar-refractivity contribution in [2.24, 2.45) is 0 Å². The predicted octanol–water partition coefficient (Wildman–Crippen LogP) is -0.415. The minimum atomic E-state index is -0.862. The van der Waals surface area contributed by atoms with Crippen LogP contribution in [0, 0.1) is 0 Å². The van der Waals surface area contributed by atoms with Crippen LogP contribution >= 0.6 is 0 Å². The molecular formula is C7H14N2O3. The van der Waals surface area contributed by atoms with Crippen LogP contribution in [0.2, 0.25) is 0 Å². The SMILES string of the molecule is COC[C@H]1CNCCN1C(=O)O. The highest BCUT2D eigenvalue weighted by molar-refractivity contribution is 5.65. The average molecular weight is 174 g/mol. The van der Waals surface area contributed by atoms with Gasteiger partial charge in [0.1, 0.15) is 0 Å². The van der Waals surface area contributed by atoms with Crippen molar-refractivity contribution >= 4 is 6.09 Å². The van der Waals surface area contributed by atoms with E-state index < -0.39 is 6.09 Å². The van der Waals surface area contributed by atoms with Crippen LogP contribution in [-0.4, -0.2) is 55.5 Å². The summed E-state index contributed by atoms with van der Waals surface area (Å²) in [5, 5.41) is 11.9. The Morgan fingerprint density at radius 1 is 1.83 bits per heavy atom. The van der Waals surface area contributed by atoms with E-state index in [2.05, 4.69) is 5.32 Å². The van der Waals surface area contributed by atoms with E-state index in [-0.39, 0.29) is 6.04 Å². The average Bonchev–Trinajstić information content (AvgIpc) is 2.05. The Labute approximate surface area is 71.3 Å². The van der Waals surface area contributed by atoms with E-state index in [1.165, 1.54) is 4.90 Å². The Balaban J connectivity index is 2.48. The molecule has 5 nitrogen and oxygen atoms in total. The van der Waals surface area contributed by atoms with Gasteiger partial charge in [0.25, 0.3) is 0 Å². The molecule has 0 bridgehead atoms. The molecule has 1 aliphatic rings. The first kappa shape index (κ1) is 9.28. The van der Waals surface area contributed by atoms with Crippen LogP contribution in [0.1, 0.15) is 0 Å². The Morgan fingerprint density at radius 2 is 2.58 bits per heavy atom. The minimum absolute atomic E-state index is 0.0405. The van der Waals surface area contributed by atoms with Gasteiger partial charge < -0.3 is 20.1 Å². The summed E-state index contributed by atoms with van der Waals surface area (Å²) in [6, 6.07) is -0.0405. The number of amides is 1. The van der Waals surface area contributed by atoms with Crippen LogP contribution in [0.4, 0.5) is 4.79 Å². The lowest BCUT2D eigenvalue weighted by Crippen LogP contribution is -2.55. The number of rotatable bonds is 2. The van der Waals surface area contributed by atoms with Crippen molar-refractivity contribution in [1.29, 1.82) is 0 Å². The van der Waals surface area contributed by atoms with Gasteiger partial charge in [-0.2, -0.15) is 0 Å². The van der Waals surface area contributed by atoms with Gasteiger partial charge in [-0.05, 0) is 0 Å². The largest absolute Gasteiger partial charge is 0.465 e. The lowest BCUT2D eigenvalue weighted by atomic mass is 10.2. The fraction of sp³-hybridized carbons (Fsp3) is 0.857. The summed E-state index contributed by atoms with van der Waals surface area (Å²) in [5.74, 6) is 0. The van der Waals surface area contributed by atoms with E-state index in [1.807, 2.05) is 0 Å². The van der Waals surface area contributed by atoms with Gasteiger partial charge in [0.15, 0.2) is 0 Å². The van der Waals surface area contributed by atoms with Gasteiger partial charge in [0, 0.05) is 26.7 Å². The molecule has 0 aromatic heterocycles. The zero-order valence-electron chi connectivity index (χ0n) is 7.12. The molecule has 70 valence electrons. The van der Waals surface area contributed by atoms with Crippen LogP contribution < -0.4 is 5.32 Å². The second-order valence-electron chi connectivity index (χ2n) is 2.79. The summed E-state index contributed by atoms with van der Waals surface area (Å²) in [6.07, 6.45) is -0.862. The number of piperazine rings is 1. The Hall–Kier alpha value is -0.810. The van der Waals surface area contributed by atoms with Gasteiger partial charge in [0.2, 0.25) is 0 Å². The van der Waals surface area contributed by atoms with Gasteiger partial charge in [-0.25, -0.2) is 4.79 Å². The summed E-state index contributed by atoms with van der Waals surface area (Å²) in [6.45, 7) is 2.41. The molecule has 0 aromatic rings.